The lowest BCUT2D eigenvalue weighted by Crippen LogP contribution is -2.34. The van der Waals surface area contributed by atoms with Crippen LogP contribution in [0.25, 0.3) is 0 Å². The van der Waals surface area contributed by atoms with Crippen molar-refractivity contribution in [1.29, 1.82) is 0 Å². The maximum absolute atomic E-state index is 2.52. The summed E-state index contributed by atoms with van der Waals surface area (Å²) in [5.41, 5.74) is 0. The van der Waals surface area contributed by atoms with Gasteiger partial charge in [-0.3, -0.25) is 0 Å². The molecule has 0 spiro atoms. The minimum Gasteiger partial charge on any atom is -0.0651 e. The van der Waals surface area contributed by atoms with Crippen molar-refractivity contribution in [3.05, 3.63) is 0 Å². The molecule has 0 aromatic carbocycles. The third-order valence-electron chi connectivity index (χ3n) is 8.89. The van der Waals surface area contributed by atoms with Crippen LogP contribution < -0.4 is 0 Å². The Balaban J connectivity index is 4.92. The van der Waals surface area contributed by atoms with Crippen molar-refractivity contribution in [2.45, 2.75) is 95.9 Å². The van der Waals surface area contributed by atoms with Crippen LogP contribution >= 0.6 is 0 Å². The highest BCUT2D eigenvalue weighted by molar-refractivity contribution is 4.82. The van der Waals surface area contributed by atoms with Crippen LogP contribution in [0.5, 0.6) is 0 Å². The van der Waals surface area contributed by atoms with Gasteiger partial charge in [-0.1, -0.05) is 95.9 Å². The second-order valence-corrected chi connectivity index (χ2v) is 9.64. The highest BCUT2D eigenvalue weighted by Crippen LogP contribution is 2.41. The summed E-state index contributed by atoms with van der Waals surface area (Å²) in [6, 6.07) is 0. The molecule has 0 heteroatoms. The van der Waals surface area contributed by atoms with Crippen LogP contribution in [0.4, 0.5) is 0 Å². The van der Waals surface area contributed by atoms with E-state index < -0.39 is 0 Å². The van der Waals surface area contributed by atoms with E-state index in [1.165, 1.54) is 12.8 Å². The molecular formula is C24H50. The lowest BCUT2D eigenvalue weighted by atomic mass is 9.65. The first-order valence-electron chi connectivity index (χ1n) is 11.0. The minimum absolute atomic E-state index is 0.799. The molecule has 0 nitrogen and oxygen atoms in total. The smallest absolute Gasteiger partial charge is 0.0386 e. The van der Waals surface area contributed by atoms with Gasteiger partial charge in [0.15, 0.2) is 0 Å². The van der Waals surface area contributed by atoms with Gasteiger partial charge in [-0.2, -0.15) is 0 Å². The molecule has 0 aromatic heterocycles. The largest absolute Gasteiger partial charge is 0.0651 e. The molecule has 0 aliphatic heterocycles. The van der Waals surface area contributed by atoms with Crippen LogP contribution in [-0.2, 0) is 0 Å². The molecule has 146 valence electrons. The Labute approximate surface area is 155 Å². The van der Waals surface area contributed by atoms with E-state index in [0.717, 1.165) is 59.2 Å². The minimum atomic E-state index is 0.799. The lowest BCUT2D eigenvalue weighted by Gasteiger charge is -2.41. The van der Waals surface area contributed by atoms with E-state index in [1.807, 2.05) is 0 Å². The van der Waals surface area contributed by atoms with Gasteiger partial charge in [-0.15, -0.1) is 0 Å². The Morgan fingerprint density at radius 3 is 0.667 bits per heavy atom. The molecule has 0 rings (SSSR count). The molecule has 24 heavy (non-hydrogen) atoms. The number of hydrogen-bond acceptors (Lipinski definition) is 0. The summed E-state index contributed by atoms with van der Waals surface area (Å²) in [6.07, 6.45) is 2.62. The van der Waals surface area contributed by atoms with Gasteiger partial charge in [0.25, 0.3) is 0 Å². The van der Waals surface area contributed by atoms with E-state index >= 15 is 0 Å². The first-order chi connectivity index (χ1) is 11.0. The topological polar surface area (TPSA) is 0 Å². The van der Waals surface area contributed by atoms with Crippen LogP contribution in [-0.4, -0.2) is 0 Å². The average molecular weight is 339 g/mol. The summed E-state index contributed by atoms with van der Waals surface area (Å²) in [7, 11) is 0. The molecule has 10 unspecified atom stereocenters. The molecule has 10 atom stereocenters. The van der Waals surface area contributed by atoms with Crippen molar-refractivity contribution in [3.8, 4) is 0 Å². The maximum Gasteiger partial charge on any atom is -0.0386 e. The Kier molecular flexibility index (Phi) is 10.9. The number of rotatable bonds is 11. The molecule has 0 bridgehead atoms. The fraction of sp³-hybridized carbons (Fsp3) is 1.00. The fourth-order valence-corrected chi connectivity index (χ4v) is 4.65. The van der Waals surface area contributed by atoms with Gasteiger partial charge in [0.05, 0.1) is 0 Å². The summed E-state index contributed by atoms with van der Waals surface area (Å²) >= 11 is 0. The quantitative estimate of drug-likeness (QED) is 0.356. The van der Waals surface area contributed by atoms with Crippen LogP contribution in [0, 0.1) is 59.2 Å². The molecule has 0 saturated carbocycles. The monoisotopic (exact) mass is 338 g/mol. The fourth-order valence-electron chi connectivity index (χ4n) is 4.65. The van der Waals surface area contributed by atoms with Crippen LogP contribution in [0.1, 0.15) is 95.9 Å². The second kappa shape index (κ2) is 10.9. The van der Waals surface area contributed by atoms with Crippen molar-refractivity contribution < 1.29 is 0 Å². The van der Waals surface area contributed by atoms with E-state index in [1.54, 1.807) is 0 Å². The Hall–Kier alpha value is 0. The third kappa shape index (κ3) is 6.06. The summed E-state index contributed by atoms with van der Waals surface area (Å²) in [4.78, 5) is 0. The van der Waals surface area contributed by atoms with Gasteiger partial charge in [0.1, 0.15) is 0 Å². The number of hydrogen-bond donors (Lipinski definition) is 0. The summed E-state index contributed by atoms with van der Waals surface area (Å²) in [5.74, 6) is 8.16. The van der Waals surface area contributed by atoms with Gasteiger partial charge < -0.3 is 0 Å². The Morgan fingerprint density at radius 1 is 0.333 bits per heavy atom. The van der Waals surface area contributed by atoms with E-state index in [0.29, 0.717) is 0 Å². The summed E-state index contributed by atoms with van der Waals surface area (Å²) in [5, 5.41) is 0. The molecule has 0 N–H and O–H groups in total. The lowest BCUT2D eigenvalue weighted by molar-refractivity contribution is 0.0810. The van der Waals surface area contributed by atoms with E-state index in [9.17, 15) is 0 Å². The first kappa shape index (κ1) is 24.0. The zero-order valence-electron chi connectivity index (χ0n) is 19.2. The van der Waals surface area contributed by atoms with Gasteiger partial charge >= 0.3 is 0 Å². The van der Waals surface area contributed by atoms with Crippen molar-refractivity contribution in [2.75, 3.05) is 0 Å². The first-order valence-corrected chi connectivity index (χ1v) is 11.0. The molecule has 0 amide bonds. The van der Waals surface area contributed by atoms with Crippen molar-refractivity contribution >= 4 is 0 Å². The van der Waals surface area contributed by atoms with Crippen LogP contribution in [0.15, 0.2) is 0 Å². The highest BCUT2D eigenvalue weighted by atomic mass is 14.4. The van der Waals surface area contributed by atoms with E-state index in [2.05, 4.69) is 83.1 Å². The van der Waals surface area contributed by atoms with Crippen molar-refractivity contribution in [1.82, 2.24) is 0 Å². The SMILES string of the molecule is CCC(C)C(C)C(C)C(C)C(C)C(C)C(C)C(C)C(C)C(C)CC. The standard InChI is InChI=1S/C24H50/c1-13-15(3)17(5)19(7)21(9)23(11)24(12)22(10)20(8)18(6)16(4)14-2/h15-24H,13-14H2,1-12H3. The Morgan fingerprint density at radius 2 is 0.500 bits per heavy atom. The zero-order chi connectivity index (χ0) is 19.2. The van der Waals surface area contributed by atoms with Crippen LogP contribution in [0.2, 0.25) is 0 Å². The van der Waals surface area contributed by atoms with Crippen molar-refractivity contribution in [3.63, 3.8) is 0 Å². The average Bonchev–Trinajstić information content (AvgIpc) is 2.61. The highest BCUT2D eigenvalue weighted by Gasteiger charge is 2.34. The van der Waals surface area contributed by atoms with E-state index in [-0.39, 0.29) is 0 Å². The Bertz CT molecular complexity index is 288. The maximum atomic E-state index is 2.52. The third-order valence-corrected chi connectivity index (χ3v) is 8.89. The van der Waals surface area contributed by atoms with Gasteiger partial charge in [0, 0.05) is 0 Å². The zero-order valence-corrected chi connectivity index (χ0v) is 19.2. The molecule has 0 heterocycles. The van der Waals surface area contributed by atoms with Crippen LogP contribution in [0.3, 0.4) is 0 Å². The second-order valence-electron chi connectivity index (χ2n) is 9.64. The molecule has 0 aromatic rings. The van der Waals surface area contributed by atoms with Gasteiger partial charge in [0.2, 0.25) is 0 Å². The van der Waals surface area contributed by atoms with Gasteiger partial charge in [-0.05, 0) is 59.2 Å². The molecular weight excluding hydrogens is 288 g/mol. The normalized spacial score (nSPS) is 25.0. The predicted molar refractivity (Wildman–Crippen MR) is 112 cm³/mol. The van der Waals surface area contributed by atoms with Crippen molar-refractivity contribution in [2.24, 2.45) is 59.2 Å². The molecule has 0 radical (unpaired) electrons. The van der Waals surface area contributed by atoms with Gasteiger partial charge in [-0.25, -0.2) is 0 Å². The summed E-state index contributed by atoms with van der Waals surface area (Å²) in [6.45, 7) is 29.6. The molecule has 0 aliphatic carbocycles. The molecule has 0 fully saturated rings. The molecule has 0 saturated heterocycles. The summed E-state index contributed by atoms with van der Waals surface area (Å²) < 4.78 is 0. The molecule has 0 aliphatic rings. The van der Waals surface area contributed by atoms with E-state index in [4.69, 9.17) is 0 Å². The predicted octanol–water partition coefficient (Wildman–Crippen LogP) is 8.17.